The van der Waals surface area contributed by atoms with Gasteiger partial charge in [0.25, 0.3) is 5.56 Å². The van der Waals surface area contributed by atoms with Crippen LogP contribution in [-0.4, -0.2) is 46.0 Å². The van der Waals surface area contributed by atoms with Gasteiger partial charge in [-0.3, -0.25) is 14.3 Å². The van der Waals surface area contributed by atoms with Gasteiger partial charge in [-0.1, -0.05) is 0 Å². The summed E-state index contributed by atoms with van der Waals surface area (Å²) in [6, 6.07) is 9.01. The molecule has 8 nitrogen and oxygen atoms in total. The van der Waals surface area contributed by atoms with E-state index in [1.165, 1.54) is 22.8 Å². The van der Waals surface area contributed by atoms with E-state index in [-0.39, 0.29) is 41.4 Å². The Bertz CT molecular complexity index is 1750. The third-order valence-electron chi connectivity index (χ3n) is 8.32. The van der Waals surface area contributed by atoms with Crippen molar-refractivity contribution >= 4 is 16.6 Å². The van der Waals surface area contributed by atoms with Crippen LogP contribution >= 0.6 is 0 Å². The summed E-state index contributed by atoms with van der Waals surface area (Å²) in [5, 5.41) is 13.3. The quantitative estimate of drug-likeness (QED) is 0.294. The molecule has 10 heteroatoms. The Morgan fingerprint density at radius 2 is 1.83 bits per heavy atom. The van der Waals surface area contributed by atoms with Crippen LogP contribution < -0.4 is 10.9 Å². The standard InChI is InChI=1S/C32H31F2N5O3/c1-18-9-20(10-19(2)37-18)24-11-21(35-3)12-25-29(24)38-30(28-5-4-8-36-28)39(31(25)41)22-13-26(33)23(27(34)14-22)6-7-32(15-40)16-42-17-32/h9-14,28,36,40H,4-8,15-17H2,1-2H3. The molecule has 4 aromatic rings. The SMILES string of the molecule is [C-]#[N+]c1cc(-c2cc(C)nc(C)c2)c2nc(C3CCCN3)n(-c3cc(F)c(CCC4(CO)COC4)c(F)c3)c(=O)c2c1. The molecule has 0 aliphatic carbocycles. The molecule has 1 atom stereocenters. The highest BCUT2D eigenvalue weighted by molar-refractivity contribution is 5.96. The second kappa shape index (κ2) is 11.0. The molecule has 0 bridgehead atoms. The fraction of sp³-hybridized carbons (Fsp3) is 0.375. The van der Waals surface area contributed by atoms with E-state index in [0.29, 0.717) is 43.0 Å². The van der Waals surface area contributed by atoms with Crippen molar-refractivity contribution in [3.05, 3.63) is 92.6 Å². The molecule has 216 valence electrons. The maximum absolute atomic E-state index is 15.5. The average molecular weight is 572 g/mol. The van der Waals surface area contributed by atoms with Gasteiger partial charge < -0.3 is 15.2 Å². The fourth-order valence-corrected chi connectivity index (χ4v) is 6.01. The number of rotatable bonds is 7. The average Bonchev–Trinajstić information content (AvgIpc) is 3.47. The van der Waals surface area contributed by atoms with Gasteiger partial charge in [0.15, 0.2) is 5.69 Å². The smallest absolute Gasteiger partial charge is 0.264 e. The Morgan fingerprint density at radius 3 is 2.40 bits per heavy atom. The number of fused-ring (bicyclic) bond motifs is 1. The summed E-state index contributed by atoms with van der Waals surface area (Å²) in [5.74, 6) is -1.18. The third-order valence-corrected chi connectivity index (χ3v) is 8.32. The second-order valence-electron chi connectivity index (χ2n) is 11.4. The maximum Gasteiger partial charge on any atom is 0.264 e. The minimum Gasteiger partial charge on any atom is -0.396 e. The normalized spacial score (nSPS) is 17.8. The fourth-order valence-electron chi connectivity index (χ4n) is 6.01. The molecule has 2 aromatic heterocycles. The molecule has 0 saturated carbocycles. The summed E-state index contributed by atoms with van der Waals surface area (Å²) < 4.78 is 37.5. The molecule has 6 rings (SSSR count). The van der Waals surface area contributed by atoms with Crippen LogP contribution in [0, 0.1) is 37.5 Å². The molecule has 0 amide bonds. The Kier molecular flexibility index (Phi) is 7.35. The van der Waals surface area contributed by atoms with Crippen LogP contribution in [0.3, 0.4) is 0 Å². The second-order valence-corrected chi connectivity index (χ2v) is 11.4. The maximum atomic E-state index is 15.5. The summed E-state index contributed by atoms with van der Waals surface area (Å²) >= 11 is 0. The van der Waals surface area contributed by atoms with Crippen molar-refractivity contribution in [2.24, 2.45) is 5.41 Å². The number of halogens is 2. The first kappa shape index (κ1) is 28.1. The molecule has 42 heavy (non-hydrogen) atoms. The van der Waals surface area contributed by atoms with E-state index in [4.69, 9.17) is 16.3 Å². The zero-order valence-electron chi connectivity index (χ0n) is 23.5. The van der Waals surface area contributed by atoms with E-state index < -0.39 is 22.6 Å². The van der Waals surface area contributed by atoms with E-state index in [9.17, 15) is 9.90 Å². The number of aromatic nitrogens is 3. The summed E-state index contributed by atoms with van der Waals surface area (Å²) in [5.41, 5.74) is 2.62. The van der Waals surface area contributed by atoms with Crippen molar-refractivity contribution < 1.29 is 18.6 Å². The molecule has 2 aliphatic heterocycles. The van der Waals surface area contributed by atoms with Gasteiger partial charge in [-0.25, -0.2) is 18.6 Å². The van der Waals surface area contributed by atoms with E-state index in [2.05, 4.69) is 15.1 Å². The molecule has 2 aliphatic rings. The Labute approximate surface area is 241 Å². The van der Waals surface area contributed by atoms with Crippen LogP contribution in [0.25, 0.3) is 32.6 Å². The van der Waals surface area contributed by atoms with Gasteiger partial charge >= 0.3 is 0 Å². The topological polar surface area (TPSA) is 93.6 Å². The van der Waals surface area contributed by atoms with Gasteiger partial charge in [0, 0.05) is 22.4 Å². The van der Waals surface area contributed by atoms with Crippen molar-refractivity contribution in [2.45, 2.75) is 45.6 Å². The van der Waals surface area contributed by atoms with Crippen LogP contribution in [-0.2, 0) is 11.2 Å². The predicted octanol–water partition coefficient (Wildman–Crippen LogP) is 5.26. The number of nitrogens with zero attached hydrogens (tertiary/aromatic N) is 4. The number of hydrogen-bond donors (Lipinski definition) is 2. The van der Waals surface area contributed by atoms with Crippen LogP contribution in [0.15, 0.2) is 41.2 Å². The summed E-state index contributed by atoms with van der Waals surface area (Å²) in [4.78, 5) is 27.3. The van der Waals surface area contributed by atoms with E-state index in [0.717, 1.165) is 29.9 Å². The molecule has 0 spiro atoms. The largest absolute Gasteiger partial charge is 0.396 e. The van der Waals surface area contributed by atoms with Crippen LogP contribution in [0.1, 0.15) is 48.1 Å². The summed E-state index contributed by atoms with van der Waals surface area (Å²) in [6.45, 7) is 12.8. The third kappa shape index (κ3) is 4.98. The lowest BCUT2D eigenvalue weighted by Crippen LogP contribution is -2.45. The first-order chi connectivity index (χ1) is 20.2. The number of nitrogens with one attached hydrogen (secondary N) is 1. The summed E-state index contributed by atoms with van der Waals surface area (Å²) in [7, 11) is 0. The van der Waals surface area contributed by atoms with E-state index in [1.807, 2.05) is 26.0 Å². The molecular formula is C32H31F2N5O3. The number of benzene rings is 2. The van der Waals surface area contributed by atoms with Crippen LogP contribution in [0.5, 0.6) is 0 Å². The van der Waals surface area contributed by atoms with E-state index in [1.54, 1.807) is 6.07 Å². The van der Waals surface area contributed by atoms with Crippen molar-refractivity contribution in [2.75, 3.05) is 26.4 Å². The summed E-state index contributed by atoms with van der Waals surface area (Å²) in [6.07, 6.45) is 2.03. The Hall–Kier alpha value is -4.04. The number of aliphatic hydroxyl groups excluding tert-OH is 1. The lowest BCUT2D eigenvalue weighted by molar-refractivity contribution is -0.140. The molecule has 2 N–H and O–H groups in total. The molecule has 2 aromatic carbocycles. The predicted molar refractivity (Wildman–Crippen MR) is 155 cm³/mol. The number of ether oxygens (including phenoxy) is 1. The minimum atomic E-state index is -0.769. The minimum absolute atomic E-state index is 0.0334. The van der Waals surface area contributed by atoms with Gasteiger partial charge in [-0.2, -0.15) is 0 Å². The van der Waals surface area contributed by atoms with Crippen molar-refractivity contribution in [3.8, 4) is 16.8 Å². The van der Waals surface area contributed by atoms with Gasteiger partial charge in [0.1, 0.15) is 17.5 Å². The molecule has 1 unspecified atom stereocenters. The van der Waals surface area contributed by atoms with E-state index >= 15 is 8.78 Å². The van der Waals surface area contributed by atoms with Crippen molar-refractivity contribution in [1.29, 1.82) is 0 Å². The van der Waals surface area contributed by atoms with Crippen molar-refractivity contribution in [3.63, 3.8) is 0 Å². The highest BCUT2D eigenvalue weighted by atomic mass is 19.1. The molecule has 2 fully saturated rings. The number of hydrogen-bond acceptors (Lipinski definition) is 6. The van der Waals surface area contributed by atoms with Crippen LogP contribution in [0.4, 0.5) is 14.5 Å². The lowest BCUT2D eigenvalue weighted by atomic mass is 9.81. The van der Waals surface area contributed by atoms with Gasteiger partial charge in [-0.05, 0) is 93.6 Å². The first-order valence-electron chi connectivity index (χ1n) is 14.1. The van der Waals surface area contributed by atoms with Crippen molar-refractivity contribution in [1.82, 2.24) is 19.9 Å². The first-order valence-corrected chi connectivity index (χ1v) is 14.1. The lowest BCUT2D eigenvalue weighted by Gasteiger charge is -2.40. The number of aliphatic hydroxyl groups is 1. The molecule has 2 saturated heterocycles. The molecule has 0 radical (unpaired) electrons. The van der Waals surface area contributed by atoms with Crippen LogP contribution in [0.2, 0.25) is 0 Å². The zero-order chi connectivity index (χ0) is 29.6. The molecule has 4 heterocycles. The zero-order valence-corrected chi connectivity index (χ0v) is 23.5. The highest BCUT2D eigenvalue weighted by Gasteiger charge is 2.38. The monoisotopic (exact) mass is 571 g/mol. The highest BCUT2D eigenvalue weighted by Crippen LogP contribution is 2.36. The number of aryl methyl sites for hydroxylation is 2. The van der Waals surface area contributed by atoms with Gasteiger partial charge in [0.2, 0.25) is 0 Å². The molecular weight excluding hydrogens is 540 g/mol. The Morgan fingerprint density at radius 1 is 1.12 bits per heavy atom. The Balaban J connectivity index is 1.54. The van der Waals surface area contributed by atoms with Gasteiger partial charge in [0.05, 0.1) is 49.0 Å². The number of pyridine rings is 1. The van der Waals surface area contributed by atoms with Gasteiger partial charge in [-0.15, -0.1) is 0 Å².